The summed E-state index contributed by atoms with van der Waals surface area (Å²) in [5.41, 5.74) is 2.72. The summed E-state index contributed by atoms with van der Waals surface area (Å²) in [4.78, 5) is 25.1. The van der Waals surface area contributed by atoms with Gasteiger partial charge in [0.25, 0.3) is 0 Å². The minimum atomic E-state index is -1.30. The molecule has 0 radical (unpaired) electrons. The van der Waals surface area contributed by atoms with Crippen molar-refractivity contribution in [3.63, 3.8) is 0 Å². The number of Topliss-reactive ketones (excluding diaryl/α,β-unsaturated/α-hetero) is 1. The minimum absolute atomic E-state index is 0.0999. The number of methoxy groups -OCH3 is 1. The Morgan fingerprint density at radius 3 is 2.69 bits per heavy atom. The average molecular weight is 348 g/mol. The highest BCUT2D eigenvalue weighted by molar-refractivity contribution is 6.11. The number of hydrogen-bond acceptors (Lipinski definition) is 4. The van der Waals surface area contributed by atoms with Gasteiger partial charge in [0, 0.05) is 17.7 Å². The minimum Gasteiger partial charge on any atom is -0.497 e. The molecule has 0 aromatic heterocycles. The Kier molecular flexibility index (Phi) is 5.04. The molecule has 1 aliphatic rings. The molecular formula is C21H20N2O3. The maximum absolute atomic E-state index is 12.7. The lowest BCUT2D eigenvalue weighted by molar-refractivity contribution is -0.129. The highest BCUT2D eigenvalue weighted by atomic mass is 16.5. The zero-order valence-electron chi connectivity index (χ0n) is 14.7. The molecule has 0 spiro atoms. The Bertz CT molecular complexity index is 885. The van der Waals surface area contributed by atoms with Crippen LogP contribution in [0, 0.1) is 30.1 Å². The largest absolute Gasteiger partial charge is 0.497 e. The van der Waals surface area contributed by atoms with Crippen LogP contribution < -0.4 is 10.1 Å². The third kappa shape index (κ3) is 3.75. The molecule has 1 aliphatic carbocycles. The Balaban J connectivity index is 1.68. The van der Waals surface area contributed by atoms with Crippen LogP contribution in [0.4, 0.5) is 5.69 Å². The molecule has 0 aliphatic heterocycles. The average Bonchev–Trinajstić information content (AvgIpc) is 3.43. The third-order valence-corrected chi connectivity index (χ3v) is 4.64. The van der Waals surface area contributed by atoms with E-state index < -0.39 is 11.8 Å². The van der Waals surface area contributed by atoms with Crippen molar-refractivity contribution < 1.29 is 14.3 Å². The number of aryl methyl sites for hydroxylation is 1. The number of benzene rings is 2. The molecule has 1 N–H and O–H groups in total. The van der Waals surface area contributed by atoms with Crippen molar-refractivity contribution in [3.8, 4) is 11.8 Å². The van der Waals surface area contributed by atoms with E-state index in [0.29, 0.717) is 17.9 Å². The number of carbonyl (C=O) groups is 2. The van der Waals surface area contributed by atoms with E-state index in [4.69, 9.17) is 4.74 Å². The summed E-state index contributed by atoms with van der Waals surface area (Å²) in [6, 6.07) is 16.7. The smallest absolute Gasteiger partial charge is 0.249 e. The Hall–Kier alpha value is -3.13. The topological polar surface area (TPSA) is 79.2 Å². The molecule has 0 heterocycles. The van der Waals surface area contributed by atoms with E-state index >= 15 is 0 Å². The van der Waals surface area contributed by atoms with Gasteiger partial charge < -0.3 is 10.1 Å². The van der Waals surface area contributed by atoms with E-state index in [9.17, 15) is 14.9 Å². The normalized spacial score (nSPS) is 19.1. The van der Waals surface area contributed by atoms with E-state index in [-0.39, 0.29) is 17.6 Å². The number of nitriles is 1. The van der Waals surface area contributed by atoms with Crippen molar-refractivity contribution in [3.05, 3.63) is 59.7 Å². The van der Waals surface area contributed by atoms with Gasteiger partial charge >= 0.3 is 0 Å². The molecular weight excluding hydrogens is 328 g/mol. The van der Waals surface area contributed by atoms with Crippen molar-refractivity contribution in [2.24, 2.45) is 11.8 Å². The predicted octanol–water partition coefficient (Wildman–Crippen LogP) is 3.45. The highest BCUT2D eigenvalue weighted by Crippen LogP contribution is 2.49. The first-order valence-corrected chi connectivity index (χ1v) is 8.48. The zero-order chi connectivity index (χ0) is 18.7. The van der Waals surface area contributed by atoms with Crippen LogP contribution in [-0.4, -0.2) is 18.8 Å². The van der Waals surface area contributed by atoms with Gasteiger partial charge in [-0.1, -0.05) is 35.9 Å². The van der Waals surface area contributed by atoms with Crippen LogP contribution >= 0.6 is 0 Å². The SMILES string of the molecule is COc1cccc(NC(=O)[C@H](C#N)C(=O)[C@H]2C[C@H]2c2cccc(C)c2)c1. The van der Waals surface area contributed by atoms with Gasteiger partial charge in [0.2, 0.25) is 5.91 Å². The lowest BCUT2D eigenvalue weighted by atomic mass is 9.97. The second-order valence-corrected chi connectivity index (χ2v) is 6.55. The molecule has 5 heteroatoms. The number of hydrogen-bond donors (Lipinski definition) is 1. The van der Waals surface area contributed by atoms with E-state index in [1.54, 1.807) is 24.3 Å². The first kappa shape index (κ1) is 17.7. The number of ether oxygens (including phenoxy) is 1. The molecule has 3 atom stereocenters. The van der Waals surface area contributed by atoms with Gasteiger partial charge in [0.1, 0.15) is 5.75 Å². The van der Waals surface area contributed by atoms with Crippen molar-refractivity contribution in [2.45, 2.75) is 19.3 Å². The fraction of sp³-hybridized carbons (Fsp3) is 0.286. The Labute approximate surface area is 152 Å². The van der Waals surface area contributed by atoms with Crippen molar-refractivity contribution in [1.82, 2.24) is 0 Å². The van der Waals surface area contributed by atoms with E-state index in [1.807, 2.05) is 31.2 Å². The lowest BCUT2D eigenvalue weighted by Crippen LogP contribution is -2.30. The van der Waals surface area contributed by atoms with Gasteiger partial charge in [-0.15, -0.1) is 0 Å². The van der Waals surface area contributed by atoms with Gasteiger partial charge in [-0.25, -0.2) is 0 Å². The van der Waals surface area contributed by atoms with Crippen LogP contribution in [0.5, 0.6) is 5.75 Å². The van der Waals surface area contributed by atoms with Gasteiger partial charge in [-0.2, -0.15) is 5.26 Å². The molecule has 0 saturated heterocycles. The molecule has 3 rings (SSSR count). The summed E-state index contributed by atoms with van der Waals surface area (Å²) in [7, 11) is 1.53. The monoisotopic (exact) mass is 348 g/mol. The quantitative estimate of drug-likeness (QED) is 0.811. The van der Waals surface area contributed by atoms with Gasteiger partial charge in [-0.3, -0.25) is 9.59 Å². The first-order chi connectivity index (χ1) is 12.5. The van der Waals surface area contributed by atoms with E-state index in [0.717, 1.165) is 11.1 Å². The van der Waals surface area contributed by atoms with E-state index in [2.05, 4.69) is 11.4 Å². The summed E-state index contributed by atoms with van der Waals surface area (Å²) in [6.45, 7) is 2.00. The molecule has 5 nitrogen and oxygen atoms in total. The molecule has 2 aromatic carbocycles. The molecule has 0 unspecified atom stereocenters. The lowest BCUT2D eigenvalue weighted by Gasteiger charge is -2.10. The number of nitrogens with zero attached hydrogens (tertiary/aromatic N) is 1. The van der Waals surface area contributed by atoms with Crippen LogP contribution in [0.3, 0.4) is 0 Å². The second kappa shape index (κ2) is 7.40. The highest BCUT2D eigenvalue weighted by Gasteiger charge is 2.47. The number of nitrogens with one attached hydrogen (secondary N) is 1. The summed E-state index contributed by atoms with van der Waals surface area (Å²) in [6.07, 6.45) is 0.687. The number of carbonyl (C=O) groups excluding carboxylic acids is 2. The number of ketones is 1. The maximum atomic E-state index is 12.7. The fourth-order valence-electron chi connectivity index (χ4n) is 3.16. The van der Waals surface area contributed by atoms with Crippen molar-refractivity contribution in [1.29, 1.82) is 5.26 Å². The molecule has 0 bridgehead atoms. The predicted molar refractivity (Wildman–Crippen MR) is 97.8 cm³/mol. The number of rotatable bonds is 6. The van der Waals surface area contributed by atoms with Crippen LogP contribution in [0.25, 0.3) is 0 Å². The van der Waals surface area contributed by atoms with Gasteiger partial charge in [0.15, 0.2) is 11.7 Å². The summed E-state index contributed by atoms with van der Waals surface area (Å²) < 4.78 is 5.11. The molecule has 1 saturated carbocycles. The third-order valence-electron chi connectivity index (χ3n) is 4.64. The Morgan fingerprint density at radius 2 is 2.00 bits per heavy atom. The van der Waals surface area contributed by atoms with Crippen LogP contribution in [0.1, 0.15) is 23.5 Å². The fourth-order valence-corrected chi connectivity index (χ4v) is 3.16. The van der Waals surface area contributed by atoms with E-state index in [1.165, 1.54) is 7.11 Å². The molecule has 26 heavy (non-hydrogen) atoms. The van der Waals surface area contributed by atoms with Gasteiger partial charge in [0.05, 0.1) is 13.2 Å². The summed E-state index contributed by atoms with van der Waals surface area (Å²) in [5.74, 6) is -1.79. The summed E-state index contributed by atoms with van der Waals surface area (Å²) in [5, 5.41) is 12.0. The second-order valence-electron chi connectivity index (χ2n) is 6.55. The molecule has 2 aromatic rings. The van der Waals surface area contributed by atoms with Crippen molar-refractivity contribution in [2.75, 3.05) is 12.4 Å². The number of amides is 1. The standard InChI is InChI=1S/C21H20N2O3/c1-13-5-3-6-14(9-13)17-11-18(17)20(24)19(12-22)21(25)23-15-7-4-8-16(10-15)26-2/h3-10,17-19H,11H2,1-2H3,(H,23,25)/t17-,18-,19+/m0/s1. The van der Waals surface area contributed by atoms with Crippen LogP contribution in [0.2, 0.25) is 0 Å². The van der Waals surface area contributed by atoms with Gasteiger partial charge in [-0.05, 0) is 37.0 Å². The first-order valence-electron chi connectivity index (χ1n) is 8.48. The van der Waals surface area contributed by atoms with Crippen molar-refractivity contribution >= 4 is 17.4 Å². The molecule has 1 fully saturated rings. The number of anilines is 1. The van der Waals surface area contributed by atoms with Crippen LogP contribution in [-0.2, 0) is 9.59 Å². The summed E-state index contributed by atoms with van der Waals surface area (Å²) >= 11 is 0. The zero-order valence-corrected chi connectivity index (χ0v) is 14.7. The maximum Gasteiger partial charge on any atom is 0.249 e. The molecule has 1 amide bonds. The molecule has 132 valence electrons. The van der Waals surface area contributed by atoms with Crippen LogP contribution in [0.15, 0.2) is 48.5 Å². The Morgan fingerprint density at radius 1 is 1.23 bits per heavy atom.